The number of hydrogen-bond acceptors (Lipinski definition) is 3. The van der Waals surface area contributed by atoms with E-state index in [1.54, 1.807) is 30.3 Å². The van der Waals surface area contributed by atoms with Crippen LogP contribution in [0.2, 0.25) is 0 Å². The van der Waals surface area contributed by atoms with Crippen molar-refractivity contribution in [2.45, 2.75) is 18.2 Å². The fourth-order valence-electron chi connectivity index (χ4n) is 2.72. The molecule has 100 valence electrons. The zero-order valence-electron chi connectivity index (χ0n) is 10.8. The summed E-state index contributed by atoms with van der Waals surface area (Å²) in [5.41, 5.74) is 1.90. The predicted molar refractivity (Wildman–Crippen MR) is 78.2 cm³/mol. The number of halogens is 1. The molecule has 0 saturated carbocycles. The molecule has 0 heterocycles. The number of carbonyl (C=O) groups is 3. The van der Waals surface area contributed by atoms with Crippen LogP contribution in [0.4, 0.5) is 0 Å². The highest BCUT2D eigenvalue weighted by Gasteiger charge is 2.37. The Hall–Kier alpha value is -1.81. The van der Waals surface area contributed by atoms with Gasteiger partial charge < -0.3 is 0 Å². The number of alkyl halides is 1. The zero-order valence-corrected chi connectivity index (χ0v) is 12.4. The number of allylic oxidation sites excluding steroid dienone is 4. The van der Waals surface area contributed by atoms with Crippen LogP contribution < -0.4 is 0 Å². The molecule has 2 aliphatic carbocycles. The van der Waals surface area contributed by atoms with Gasteiger partial charge >= 0.3 is 0 Å². The van der Waals surface area contributed by atoms with Crippen molar-refractivity contribution < 1.29 is 14.4 Å². The van der Waals surface area contributed by atoms with Crippen LogP contribution in [0.3, 0.4) is 0 Å². The molecule has 20 heavy (non-hydrogen) atoms. The van der Waals surface area contributed by atoms with Gasteiger partial charge in [-0.15, -0.1) is 0 Å². The SMILES string of the molecule is CC(=O)C1=CC(Br)CC2=C1C(=O)c1ccccc1C2=O. The van der Waals surface area contributed by atoms with Crippen molar-refractivity contribution in [2.75, 3.05) is 0 Å². The predicted octanol–water partition coefficient (Wildman–Crippen LogP) is 3.04. The molecule has 3 rings (SSSR count). The number of ketones is 3. The summed E-state index contributed by atoms with van der Waals surface area (Å²) in [6, 6.07) is 6.76. The van der Waals surface area contributed by atoms with E-state index in [-0.39, 0.29) is 27.8 Å². The Balaban J connectivity index is 2.26. The van der Waals surface area contributed by atoms with Crippen LogP contribution in [-0.2, 0) is 4.79 Å². The van der Waals surface area contributed by atoms with E-state index in [2.05, 4.69) is 15.9 Å². The lowest BCUT2D eigenvalue weighted by atomic mass is 9.76. The van der Waals surface area contributed by atoms with Crippen LogP contribution >= 0.6 is 15.9 Å². The maximum absolute atomic E-state index is 12.6. The summed E-state index contributed by atoms with van der Waals surface area (Å²) in [7, 11) is 0. The van der Waals surface area contributed by atoms with Crippen molar-refractivity contribution in [3.05, 3.63) is 58.2 Å². The first-order valence-electron chi connectivity index (χ1n) is 6.29. The first kappa shape index (κ1) is 13.2. The zero-order chi connectivity index (χ0) is 14.4. The number of hydrogen-bond donors (Lipinski definition) is 0. The molecule has 0 spiro atoms. The van der Waals surface area contributed by atoms with Gasteiger partial charge in [-0.05, 0) is 13.3 Å². The maximum atomic E-state index is 12.6. The van der Waals surface area contributed by atoms with E-state index in [1.807, 2.05) is 0 Å². The fourth-order valence-corrected chi connectivity index (χ4v) is 3.31. The molecule has 1 aromatic rings. The lowest BCUT2D eigenvalue weighted by Gasteiger charge is -2.26. The molecular formula is C16H11BrO3. The molecule has 0 amide bonds. The molecule has 3 nitrogen and oxygen atoms in total. The van der Waals surface area contributed by atoms with Crippen molar-refractivity contribution in [3.63, 3.8) is 0 Å². The molecule has 0 fully saturated rings. The second kappa shape index (κ2) is 4.63. The van der Waals surface area contributed by atoms with E-state index in [9.17, 15) is 14.4 Å². The first-order chi connectivity index (χ1) is 9.50. The number of carbonyl (C=O) groups excluding carboxylic acids is 3. The Bertz CT molecular complexity index is 725. The molecule has 4 heteroatoms. The lowest BCUT2D eigenvalue weighted by molar-refractivity contribution is -0.113. The Morgan fingerprint density at radius 3 is 2.35 bits per heavy atom. The average molecular weight is 331 g/mol. The van der Waals surface area contributed by atoms with Crippen molar-refractivity contribution in [3.8, 4) is 0 Å². The second-order valence-corrected chi connectivity index (χ2v) is 6.09. The second-order valence-electron chi connectivity index (χ2n) is 4.91. The number of Topliss-reactive ketones (excluding diaryl/α,β-unsaturated/α-hetero) is 3. The summed E-state index contributed by atoms with van der Waals surface area (Å²) in [5, 5.41) is 0. The molecule has 0 radical (unpaired) electrons. The summed E-state index contributed by atoms with van der Waals surface area (Å²) in [5.74, 6) is -0.565. The smallest absolute Gasteiger partial charge is 0.194 e. The van der Waals surface area contributed by atoms with E-state index in [0.717, 1.165) is 0 Å². The summed E-state index contributed by atoms with van der Waals surface area (Å²) < 4.78 is 0. The summed E-state index contributed by atoms with van der Waals surface area (Å²) in [4.78, 5) is 36.8. The highest BCUT2D eigenvalue weighted by atomic mass is 79.9. The molecule has 1 atom stereocenters. The Morgan fingerprint density at radius 2 is 1.75 bits per heavy atom. The quantitative estimate of drug-likeness (QED) is 0.743. The van der Waals surface area contributed by atoms with Crippen LogP contribution in [0.15, 0.2) is 47.1 Å². The van der Waals surface area contributed by atoms with Gasteiger partial charge in [-0.1, -0.05) is 46.3 Å². The standard InChI is InChI=1S/C16H11BrO3/c1-8(18)12-6-9(17)7-13-14(12)16(20)11-5-3-2-4-10(11)15(13)19/h2-6,9H,7H2,1H3. The van der Waals surface area contributed by atoms with Gasteiger partial charge in [0.15, 0.2) is 17.3 Å². The third-order valence-corrected chi connectivity index (χ3v) is 4.20. The third-order valence-electron chi connectivity index (χ3n) is 3.61. The summed E-state index contributed by atoms with van der Waals surface area (Å²) in [6.07, 6.45) is 2.16. The van der Waals surface area contributed by atoms with Crippen molar-refractivity contribution in [1.29, 1.82) is 0 Å². The van der Waals surface area contributed by atoms with E-state index >= 15 is 0 Å². The van der Waals surface area contributed by atoms with Gasteiger partial charge in [0.1, 0.15) is 0 Å². The minimum absolute atomic E-state index is 0.0952. The van der Waals surface area contributed by atoms with Gasteiger partial charge in [0.05, 0.1) is 0 Å². The van der Waals surface area contributed by atoms with Crippen molar-refractivity contribution >= 4 is 33.3 Å². The van der Waals surface area contributed by atoms with E-state index in [4.69, 9.17) is 0 Å². The van der Waals surface area contributed by atoms with Gasteiger partial charge in [0.2, 0.25) is 0 Å². The minimum atomic E-state index is -0.226. The molecule has 0 aromatic heterocycles. The van der Waals surface area contributed by atoms with Crippen LogP contribution in [0.1, 0.15) is 34.1 Å². The van der Waals surface area contributed by atoms with Crippen LogP contribution in [0.5, 0.6) is 0 Å². The molecule has 0 aliphatic heterocycles. The minimum Gasteiger partial charge on any atom is -0.294 e. The molecular weight excluding hydrogens is 320 g/mol. The summed E-state index contributed by atoms with van der Waals surface area (Å²) in [6.45, 7) is 1.42. The lowest BCUT2D eigenvalue weighted by Crippen LogP contribution is -2.28. The van der Waals surface area contributed by atoms with Gasteiger partial charge in [-0.3, -0.25) is 14.4 Å². The monoisotopic (exact) mass is 330 g/mol. The maximum Gasteiger partial charge on any atom is 0.194 e. The Labute approximate surface area is 124 Å². The Kier molecular flexibility index (Phi) is 3.05. The van der Waals surface area contributed by atoms with Crippen LogP contribution in [0.25, 0.3) is 0 Å². The summed E-state index contributed by atoms with van der Waals surface area (Å²) >= 11 is 3.42. The highest BCUT2D eigenvalue weighted by molar-refractivity contribution is 9.09. The third kappa shape index (κ3) is 1.83. The van der Waals surface area contributed by atoms with E-state index in [0.29, 0.717) is 28.7 Å². The number of benzene rings is 1. The van der Waals surface area contributed by atoms with E-state index < -0.39 is 0 Å². The van der Waals surface area contributed by atoms with Crippen molar-refractivity contribution in [1.82, 2.24) is 0 Å². The molecule has 2 aliphatic rings. The molecule has 1 aromatic carbocycles. The number of fused-ring (bicyclic) bond motifs is 1. The van der Waals surface area contributed by atoms with E-state index in [1.165, 1.54) is 6.92 Å². The molecule has 0 N–H and O–H groups in total. The van der Waals surface area contributed by atoms with Gasteiger partial charge in [-0.2, -0.15) is 0 Å². The molecule has 0 saturated heterocycles. The Morgan fingerprint density at radius 1 is 1.15 bits per heavy atom. The normalized spacial score (nSPS) is 21.3. The first-order valence-corrected chi connectivity index (χ1v) is 7.21. The molecule has 1 unspecified atom stereocenters. The van der Waals surface area contributed by atoms with Gasteiger partial charge in [0.25, 0.3) is 0 Å². The van der Waals surface area contributed by atoms with Gasteiger partial charge in [0, 0.05) is 32.7 Å². The van der Waals surface area contributed by atoms with Gasteiger partial charge in [-0.25, -0.2) is 0 Å². The largest absolute Gasteiger partial charge is 0.294 e. The topological polar surface area (TPSA) is 51.2 Å². The van der Waals surface area contributed by atoms with Crippen molar-refractivity contribution in [2.24, 2.45) is 0 Å². The molecule has 0 bridgehead atoms. The average Bonchev–Trinajstić information content (AvgIpc) is 2.43. The highest BCUT2D eigenvalue weighted by Crippen LogP contribution is 2.37. The van der Waals surface area contributed by atoms with Crippen LogP contribution in [-0.4, -0.2) is 22.2 Å². The van der Waals surface area contributed by atoms with Crippen LogP contribution in [0, 0.1) is 0 Å². The number of rotatable bonds is 1. The fraction of sp³-hybridized carbons (Fsp3) is 0.188.